The van der Waals surface area contributed by atoms with E-state index in [1.807, 2.05) is 6.07 Å². The Kier molecular flexibility index (Phi) is 5.18. The summed E-state index contributed by atoms with van der Waals surface area (Å²) in [7, 11) is -3.33. The van der Waals surface area contributed by atoms with Gasteiger partial charge in [-0.15, -0.1) is 0 Å². The van der Waals surface area contributed by atoms with E-state index in [4.69, 9.17) is 0 Å². The van der Waals surface area contributed by atoms with Crippen molar-refractivity contribution in [1.82, 2.24) is 4.31 Å². The third-order valence-electron chi connectivity index (χ3n) is 5.11. The standard InChI is InChI=1S/C16H26N4O2S/c1-2-19-9-5-6-14(19)12-17-16-8-7-15(13-18-16)23(21,22)20-10-3-4-11-20/h7-8,13-14H,2-6,9-12H2,1H3,(H,17,18)/p+2/t14-/m1/s1. The van der Waals surface area contributed by atoms with Crippen molar-refractivity contribution in [2.45, 2.75) is 43.5 Å². The molecule has 128 valence electrons. The van der Waals surface area contributed by atoms with Crippen LogP contribution in [0.4, 0.5) is 5.82 Å². The van der Waals surface area contributed by atoms with E-state index in [2.05, 4.69) is 17.2 Å². The number of likely N-dealkylation sites (tertiary alicyclic amines) is 1. The van der Waals surface area contributed by atoms with Crippen LogP contribution in [0.1, 0.15) is 32.6 Å². The van der Waals surface area contributed by atoms with Gasteiger partial charge < -0.3 is 4.90 Å². The second kappa shape index (κ2) is 7.15. The maximum Gasteiger partial charge on any atom is 0.272 e. The van der Waals surface area contributed by atoms with Crippen molar-refractivity contribution in [3.05, 3.63) is 18.3 Å². The molecule has 7 heteroatoms. The number of rotatable bonds is 6. The number of sulfonamides is 1. The third-order valence-corrected chi connectivity index (χ3v) is 7.00. The Hall–Kier alpha value is -1.18. The van der Waals surface area contributed by atoms with Gasteiger partial charge in [-0.2, -0.15) is 4.31 Å². The molecule has 3 rings (SSSR count). The van der Waals surface area contributed by atoms with Crippen LogP contribution in [0, 0.1) is 0 Å². The van der Waals surface area contributed by atoms with Gasteiger partial charge in [0.05, 0.1) is 13.1 Å². The minimum atomic E-state index is -3.33. The highest BCUT2D eigenvalue weighted by atomic mass is 32.2. The van der Waals surface area contributed by atoms with E-state index >= 15 is 0 Å². The summed E-state index contributed by atoms with van der Waals surface area (Å²) in [6.45, 7) is 6.87. The van der Waals surface area contributed by atoms with Crippen LogP contribution in [0.5, 0.6) is 0 Å². The van der Waals surface area contributed by atoms with Crippen molar-refractivity contribution < 1.29 is 18.3 Å². The van der Waals surface area contributed by atoms with Crippen LogP contribution in [0.15, 0.2) is 23.2 Å². The van der Waals surface area contributed by atoms with E-state index in [-0.39, 0.29) is 0 Å². The number of likely N-dealkylation sites (N-methyl/N-ethyl adjacent to an activating group) is 1. The Morgan fingerprint density at radius 1 is 1.30 bits per heavy atom. The highest BCUT2D eigenvalue weighted by Crippen LogP contribution is 2.19. The molecule has 6 nitrogen and oxygen atoms in total. The molecule has 3 N–H and O–H groups in total. The molecule has 0 aromatic carbocycles. The number of nitrogens with zero attached hydrogens (tertiary/aromatic N) is 1. The molecule has 0 amide bonds. The second-order valence-electron chi connectivity index (χ2n) is 6.53. The Morgan fingerprint density at radius 3 is 2.74 bits per heavy atom. The Bertz CT molecular complexity index is 611. The van der Waals surface area contributed by atoms with Gasteiger partial charge in [0.1, 0.15) is 23.7 Å². The number of anilines is 1. The molecule has 2 fully saturated rings. The number of hydrogen-bond donors (Lipinski definition) is 2. The zero-order valence-electron chi connectivity index (χ0n) is 13.8. The molecule has 2 aliphatic rings. The predicted octanol–water partition coefficient (Wildman–Crippen LogP) is -0.236. The SMILES string of the molecule is CC[NH+]1CCC[C@@H]1CNc1ccc(S(=O)(=O)N2CCCC2)c[nH+]1. The fourth-order valence-corrected chi connectivity index (χ4v) is 5.17. The zero-order valence-corrected chi connectivity index (χ0v) is 14.7. The number of hydrogen-bond acceptors (Lipinski definition) is 3. The maximum absolute atomic E-state index is 12.5. The number of nitrogens with one attached hydrogen (secondary N) is 3. The molecule has 0 spiro atoms. The lowest BCUT2D eigenvalue weighted by molar-refractivity contribution is -0.908. The molecule has 2 atom stereocenters. The molecule has 0 bridgehead atoms. The van der Waals surface area contributed by atoms with Crippen LogP contribution in [0.25, 0.3) is 0 Å². The van der Waals surface area contributed by atoms with E-state index in [9.17, 15) is 8.42 Å². The van der Waals surface area contributed by atoms with Crippen LogP contribution in [-0.2, 0) is 10.0 Å². The lowest BCUT2D eigenvalue weighted by atomic mass is 10.2. The predicted molar refractivity (Wildman–Crippen MR) is 88.9 cm³/mol. The molecule has 2 saturated heterocycles. The molecule has 3 heterocycles. The summed E-state index contributed by atoms with van der Waals surface area (Å²) in [5.74, 6) is 0.882. The largest absolute Gasteiger partial charge is 0.329 e. The Balaban J connectivity index is 1.61. The highest BCUT2D eigenvalue weighted by Gasteiger charge is 2.30. The number of aromatic nitrogens is 1. The first kappa shape index (κ1) is 16.7. The highest BCUT2D eigenvalue weighted by molar-refractivity contribution is 7.89. The average molecular weight is 340 g/mol. The van der Waals surface area contributed by atoms with E-state index in [0.717, 1.165) is 25.2 Å². The second-order valence-corrected chi connectivity index (χ2v) is 8.47. The monoisotopic (exact) mass is 340 g/mol. The molecular weight excluding hydrogens is 312 g/mol. The summed E-state index contributed by atoms with van der Waals surface area (Å²) in [5, 5.41) is 3.41. The van der Waals surface area contributed by atoms with Gasteiger partial charge in [0.2, 0.25) is 10.0 Å². The van der Waals surface area contributed by atoms with Crippen LogP contribution in [0.2, 0.25) is 0 Å². The number of H-pyrrole nitrogens is 1. The smallest absolute Gasteiger partial charge is 0.272 e. The number of quaternary nitrogens is 1. The molecule has 0 radical (unpaired) electrons. The lowest BCUT2D eigenvalue weighted by Gasteiger charge is -2.18. The van der Waals surface area contributed by atoms with Gasteiger partial charge in [-0.1, -0.05) is 0 Å². The molecular formula is C16H28N4O2S+2. The maximum atomic E-state index is 12.5. The van der Waals surface area contributed by atoms with Gasteiger partial charge in [0.25, 0.3) is 5.82 Å². The minimum absolute atomic E-state index is 0.353. The van der Waals surface area contributed by atoms with Gasteiger partial charge >= 0.3 is 0 Å². The van der Waals surface area contributed by atoms with Crippen molar-refractivity contribution in [3.63, 3.8) is 0 Å². The Morgan fingerprint density at radius 2 is 2.09 bits per heavy atom. The minimum Gasteiger partial charge on any atom is -0.329 e. The van der Waals surface area contributed by atoms with E-state index in [1.165, 1.54) is 25.9 Å². The first-order valence-electron chi connectivity index (χ1n) is 8.71. The summed E-state index contributed by atoms with van der Waals surface area (Å²) in [6, 6.07) is 4.19. The summed E-state index contributed by atoms with van der Waals surface area (Å²) in [5.41, 5.74) is 0. The number of aromatic amines is 1. The first-order chi connectivity index (χ1) is 11.1. The van der Waals surface area contributed by atoms with Crippen molar-refractivity contribution in [3.8, 4) is 0 Å². The van der Waals surface area contributed by atoms with Crippen molar-refractivity contribution in [2.75, 3.05) is 38.0 Å². The molecule has 1 aromatic rings. The van der Waals surface area contributed by atoms with E-state index in [1.54, 1.807) is 21.5 Å². The quantitative estimate of drug-likeness (QED) is 0.751. The Labute approximate surface area is 138 Å². The van der Waals surface area contributed by atoms with Crippen LogP contribution in [0.3, 0.4) is 0 Å². The first-order valence-corrected chi connectivity index (χ1v) is 10.2. The van der Waals surface area contributed by atoms with E-state index < -0.39 is 10.0 Å². The van der Waals surface area contributed by atoms with Crippen molar-refractivity contribution >= 4 is 15.8 Å². The van der Waals surface area contributed by atoms with Crippen LogP contribution >= 0.6 is 0 Å². The van der Waals surface area contributed by atoms with Crippen molar-refractivity contribution in [1.29, 1.82) is 0 Å². The van der Waals surface area contributed by atoms with Gasteiger partial charge in [0, 0.05) is 32.0 Å². The lowest BCUT2D eigenvalue weighted by Crippen LogP contribution is -3.14. The normalized spacial score (nSPS) is 25.8. The zero-order chi connectivity index (χ0) is 16.3. The van der Waals surface area contributed by atoms with Gasteiger partial charge in [0.15, 0.2) is 0 Å². The number of pyridine rings is 1. The fraction of sp³-hybridized carbons (Fsp3) is 0.688. The summed E-state index contributed by atoms with van der Waals surface area (Å²) in [4.78, 5) is 5.11. The van der Waals surface area contributed by atoms with Gasteiger partial charge in [-0.25, -0.2) is 13.4 Å². The fourth-order valence-electron chi connectivity index (χ4n) is 3.69. The molecule has 23 heavy (non-hydrogen) atoms. The van der Waals surface area contributed by atoms with Gasteiger partial charge in [-0.3, -0.25) is 5.32 Å². The molecule has 1 aromatic heterocycles. The average Bonchev–Trinajstić information content (AvgIpc) is 3.24. The van der Waals surface area contributed by atoms with Crippen LogP contribution < -0.4 is 15.2 Å². The molecule has 0 saturated carbocycles. The summed E-state index contributed by atoms with van der Waals surface area (Å²) >= 11 is 0. The summed E-state index contributed by atoms with van der Waals surface area (Å²) < 4.78 is 26.5. The van der Waals surface area contributed by atoms with Crippen LogP contribution in [-0.4, -0.2) is 51.5 Å². The molecule has 0 aliphatic carbocycles. The third kappa shape index (κ3) is 3.67. The molecule has 1 unspecified atom stereocenters. The van der Waals surface area contributed by atoms with Crippen molar-refractivity contribution in [2.24, 2.45) is 0 Å². The molecule has 2 aliphatic heterocycles. The van der Waals surface area contributed by atoms with E-state index in [0.29, 0.717) is 24.0 Å². The van der Waals surface area contributed by atoms with Gasteiger partial charge in [-0.05, 0) is 25.8 Å². The topological polar surface area (TPSA) is 68.0 Å². The summed E-state index contributed by atoms with van der Waals surface area (Å²) in [6.07, 6.45) is 6.08.